The molecule has 0 unspecified atom stereocenters. The zero-order valence-corrected chi connectivity index (χ0v) is 11.0. The van der Waals surface area contributed by atoms with Crippen molar-refractivity contribution in [1.82, 2.24) is 15.5 Å². The number of halogens is 1. The van der Waals surface area contributed by atoms with Crippen molar-refractivity contribution in [2.24, 2.45) is 17.8 Å². The molecule has 2 atom stereocenters. The summed E-state index contributed by atoms with van der Waals surface area (Å²) in [5.74, 6) is 2.58. The van der Waals surface area contributed by atoms with Gasteiger partial charge in [-0.2, -0.15) is 0 Å². The molecular weight excluding hydrogens is 238 g/mol. The van der Waals surface area contributed by atoms with Gasteiger partial charge < -0.3 is 10.6 Å². The second kappa shape index (κ2) is 5.55. The van der Waals surface area contributed by atoms with Crippen molar-refractivity contribution in [2.45, 2.75) is 12.8 Å². The van der Waals surface area contributed by atoms with Crippen LogP contribution < -0.4 is 10.6 Å². The van der Waals surface area contributed by atoms with Crippen molar-refractivity contribution in [3.8, 4) is 0 Å². The third-order valence-electron chi connectivity index (χ3n) is 4.12. The fourth-order valence-corrected chi connectivity index (χ4v) is 2.92. The molecule has 0 spiro atoms. The zero-order valence-electron chi connectivity index (χ0n) is 10.2. The second-order valence-electron chi connectivity index (χ2n) is 5.62. The molecule has 0 aromatic carbocycles. The largest absolute Gasteiger partial charge is 0.355 e. The van der Waals surface area contributed by atoms with Gasteiger partial charge in [-0.15, -0.1) is 12.4 Å². The summed E-state index contributed by atoms with van der Waals surface area (Å²) < 4.78 is 0. The highest BCUT2D eigenvalue weighted by atomic mass is 35.5. The van der Waals surface area contributed by atoms with Crippen LogP contribution in [0.1, 0.15) is 12.8 Å². The molecule has 98 valence electrons. The van der Waals surface area contributed by atoms with E-state index in [0.717, 1.165) is 50.5 Å². The SMILES string of the molecule is Cl.O=C(CN1C[C@H]2CNC[C@H]2C1)NCC1CC1. The van der Waals surface area contributed by atoms with Crippen LogP contribution in [0.2, 0.25) is 0 Å². The van der Waals surface area contributed by atoms with Gasteiger partial charge in [-0.1, -0.05) is 0 Å². The Labute approximate surface area is 109 Å². The molecule has 1 amide bonds. The molecule has 2 saturated heterocycles. The Morgan fingerprint density at radius 2 is 1.88 bits per heavy atom. The molecule has 0 bridgehead atoms. The molecule has 3 fully saturated rings. The van der Waals surface area contributed by atoms with E-state index in [-0.39, 0.29) is 18.3 Å². The zero-order chi connectivity index (χ0) is 11.0. The number of nitrogens with zero attached hydrogens (tertiary/aromatic N) is 1. The maximum atomic E-state index is 11.7. The van der Waals surface area contributed by atoms with Crippen molar-refractivity contribution in [3.63, 3.8) is 0 Å². The number of hydrogen-bond acceptors (Lipinski definition) is 3. The van der Waals surface area contributed by atoms with Gasteiger partial charge in [-0.05, 0) is 43.7 Å². The maximum Gasteiger partial charge on any atom is 0.234 e. The second-order valence-corrected chi connectivity index (χ2v) is 5.62. The predicted molar refractivity (Wildman–Crippen MR) is 69.3 cm³/mol. The highest BCUT2D eigenvalue weighted by Gasteiger charge is 2.36. The first kappa shape index (κ1) is 13.1. The quantitative estimate of drug-likeness (QED) is 0.752. The molecular formula is C12H22ClN3O. The molecule has 3 rings (SSSR count). The molecule has 1 saturated carbocycles. The minimum absolute atomic E-state index is 0. The Kier molecular flexibility index (Phi) is 4.28. The van der Waals surface area contributed by atoms with Crippen molar-refractivity contribution in [2.75, 3.05) is 39.3 Å². The molecule has 0 aromatic rings. The number of rotatable bonds is 4. The van der Waals surface area contributed by atoms with Crippen LogP contribution in [0.25, 0.3) is 0 Å². The number of fused-ring (bicyclic) bond motifs is 1. The minimum atomic E-state index is 0. The third-order valence-corrected chi connectivity index (χ3v) is 4.12. The van der Waals surface area contributed by atoms with Gasteiger partial charge in [0.15, 0.2) is 0 Å². The molecule has 0 radical (unpaired) electrons. The van der Waals surface area contributed by atoms with Crippen molar-refractivity contribution in [1.29, 1.82) is 0 Å². The lowest BCUT2D eigenvalue weighted by atomic mass is 10.0. The van der Waals surface area contributed by atoms with Crippen LogP contribution >= 0.6 is 12.4 Å². The third kappa shape index (κ3) is 3.33. The van der Waals surface area contributed by atoms with Gasteiger partial charge in [-0.3, -0.25) is 9.69 Å². The molecule has 17 heavy (non-hydrogen) atoms. The summed E-state index contributed by atoms with van der Waals surface area (Å²) in [5.41, 5.74) is 0. The Hall–Kier alpha value is -0.320. The fourth-order valence-electron chi connectivity index (χ4n) is 2.92. The Balaban J connectivity index is 0.00000108. The van der Waals surface area contributed by atoms with Gasteiger partial charge in [-0.25, -0.2) is 0 Å². The van der Waals surface area contributed by atoms with E-state index >= 15 is 0 Å². The number of carbonyl (C=O) groups is 1. The van der Waals surface area contributed by atoms with E-state index in [1.54, 1.807) is 0 Å². The maximum absolute atomic E-state index is 11.7. The van der Waals surface area contributed by atoms with Crippen molar-refractivity contribution >= 4 is 18.3 Å². The predicted octanol–water partition coefficient (Wildman–Crippen LogP) is 0.0856. The van der Waals surface area contributed by atoms with E-state index in [1.165, 1.54) is 12.8 Å². The van der Waals surface area contributed by atoms with Crippen LogP contribution in [0, 0.1) is 17.8 Å². The normalized spacial score (nSPS) is 32.0. The first-order valence-corrected chi connectivity index (χ1v) is 6.51. The summed E-state index contributed by atoms with van der Waals surface area (Å²) >= 11 is 0. The highest BCUT2D eigenvalue weighted by molar-refractivity contribution is 5.85. The molecule has 5 heteroatoms. The van der Waals surface area contributed by atoms with Crippen LogP contribution in [0.3, 0.4) is 0 Å². The standard InChI is InChI=1S/C12H21N3O.ClH/c16-12(14-3-9-1-2-9)8-15-6-10-4-13-5-11(10)7-15;/h9-11,13H,1-8H2,(H,14,16);1H/t10-,11+;. The van der Waals surface area contributed by atoms with Crippen LogP contribution in [0.5, 0.6) is 0 Å². The smallest absolute Gasteiger partial charge is 0.234 e. The number of hydrogen-bond donors (Lipinski definition) is 2. The van der Waals surface area contributed by atoms with Gasteiger partial charge in [0.25, 0.3) is 0 Å². The monoisotopic (exact) mass is 259 g/mol. The highest BCUT2D eigenvalue weighted by Crippen LogP contribution is 2.28. The molecule has 1 aliphatic carbocycles. The average Bonchev–Trinajstić information content (AvgIpc) is 2.86. The van der Waals surface area contributed by atoms with Gasteiger partial charge in [0, 0.05) is 19.6 Å². The summed E-state index contributed by atoms with van der Waals surface area (Å²) in [7, 11) is 0. The number of nitrogens with one attached hydrogen (secondary N) is 2. The topological polar surface area (TPSA) is 44.4 Å². The van der Waals surface area contributed by atoms with Gasteiger partial charge in [0.05, 0.1) is 6.54 Å². The molecule has 2 aliphatic heterocycles. The number of carbonyl (C=O) groups excluding carboxylic acids is 1. The molecule has 2 heterocycles. The fraction of sp³-hybridized carbons (Fsp3) is 0.917. The van der Waals surface area contributed by atoms with Crippen LogP contribution in [-0.2, 0) is 4.79 Å². The van der Waals surface area contributed by atoms with Crippen LogP contribution in [-0.4, -0.2) is 50.1 Å². The molecule has 3 aliphatic rings. The van der Waals surface area contributed by atoms with Crippen molar-refractivity contribution in [3.05, 3.63) is 0 Å². The van der Waals surface area contributed by atoms with Gasteiger partial charge >= 0.3 is 0 Å². The first-order chi connectivity index (χ1) is 7.81. The first-order valence-electron chi connectivity index (χ1n) is 6.51. The van der Waals surface area contributed by atoms with E-state index in [9.17, 15) is 4.79 Å². The molecule has 4 nitrogen and oxygen atoms in total. The molecule has 2 N–H and O–H groups in total. The molecule has 0 aromatic heterocycles. The van der Waals surface area contributed by atoms with Gasteiger partial charge in [0.1, 0.15) is 0 Å². The minimum Gasteiger partial charge on any atom is -0.355 e. The van der Waals surface area contributed by atoms with E-state index in [0.29, 0.717) is 6.54 Å². The van der Waals surface area contributed by atoms with E-state index in [4.69, 9.17) is 0 Å². The summed E-state index contributed by atoms with van der Waals surface area (Å²) in [6.45, 7) is 6.01. The summed E-state index contributed by atoms with van der Waals surface area (Å²) in [4.78, 5) is 14.0. The lowest BCUT2D eigenvalue weighted by Crippen LogP contribution is -2.38. The summed E-state index contributed by atoms with van der Waals surface area (Å²) in [6, 6.07) is 0. The van der Waals surface area contributed by atoms with E-state index in [2.05, 4.69) is 15.5 Å². The Bertz CT molecular complexity index is 271. The van der Waals surface area contributed by atoms with Crippen molar-refractivity contribution < 1.29 is 4.79 Å². The Morgan fingerprint density at radius 1 is 1.24 bits per heavy atom. The van der Waals surface area contributed by atoms with Crippen LogP contribution in [0.15, 0.2) is 0 Å². The number of likely N-dealkylation sites (tertiary alicyclic amines) is 1. The summed E-state index contributed by atoms with van der Waals surface area (Å²) in [6.07, 6.45) is 2.61. The lowest BCUT2D eigenvalue weighted by Gasteiger charge is -2.16. The van der Waals surface area contributed by atoms with Crippen LogP contribution in [0.4, 0.5) is 0 Å². The average molecular weight is 260 g/mol. The van der Waals surface area contributed by atoms with E-state index < -0.39 is 0 Å². The summed E-state index contributed by atoms with van der Waals surface area (Å²) in [5, 5.41) is 6.46. The Morgan fingerprint density at radius 3 is 2.47 bits per heavy atom. The van der Waals surface area contributed by atoms with E-state index in [1.807, 2.05) is 0 Å². The number of amides is 1. The lowest BCUT2D eigenvalue weighted by molar-refractivity contribution is -0.122. The van der Waals surface area contributed by atoms with Gasteiger partial charge in [0.2, 0.25) is 5.91 Å².